The molecule has 0 N–H and O–H groups in total. The van der Waals surface area contributed by atoms with Crippen molar-refractivity contribution in [3.63, 3.8) is 0 Å². The van der Waals surface area contributed by atoms with E-state index in [0.29, 0.717) is 22.6 Å². The SMILES string of the molecule is COc1cc2c(cc1OC)C(c1ccc(OC)c([N+](=O)[O-])c1)CC2=O. The molecule has 1 unspecified atom stereocenters. The maximum absolute atomic E-state index is 12.4. The van der Waals surface area contributed by atoms with Gasteiger partial charge in [-0.25, -0.2) is 0 Å². The summed E-state index contributed by atoms with van der Waals surface area (Å²) < 4.78 is 15.6. The first-order chi connectivity index (χ1) is 12.0. The van der Waals surface area contributed by atoms with E-state index in [9.17, 15) is 14.9 Å². The first kappa shape index (κ1) is 16.8. The van der Waals surface area contributed by atoms with Crippen LogP contribution >= 0.6 is 0 Å². The molecule has 0 amide bonds. The largest absolute Gasteiger partial charge is 0.493 e. The van der Waals surface area contributed by atoms with Gasteiger partial charge in [-0.15, -0.1) is 0 Å². The number of nitro groups is 1. The predicted octanol–water partition coefficient (Wildman–Crippen LogP) is 3.34. The van der Waals surface area contributed by atoms with Crippen molar-refractivity contribution in [3.05, 3.63) is 57.1 Å². The average Bonchev–Trinajstić information content (AvgIpc) is 2.95. The fraction of sp³-hybridized carbons (Fsp3) is 0.278. The highest BCUT2D eigenvalue weighted by Crippen LogP contribution is 2.44. The number of hydrogen-bond acceptors (Lipinski definition) is 6. The number of nitrogens with zero attached hydrogens (tertiary/aromatic N) is 1. The number of benzene rings is 2. The first-order valence-electron chi connectivity index (χ1n) is 7.61. The van der Waals surface area contributed by atoms with Crippen LogP contribution in [0.3, 0.4) is 0 Å². The van der Waals surface area contributed by atoms with Crippen LogP contribution in [-0.4, -0.2) is 32.0 Å². The first-order valence-corrected chi connectivity index (χ1v) is 7.61. The minimum Gasteiger partial charge on any atom is -0.493 e. The molecule has 0 fully saturated rings. The number of fused-ring (bicyclic) bond motifs is 1. The lowest BCUT2D eigenvalue weighted by Gasteiger charge is -2.15. The Hall–Kier alpha value is -3.09. The summed E-state index contributed by atoms with van der Waals surface area (Å²) in [7, 11) is 4.41. The Balaban J connectivity index is 2.12. The van der Waals surface area contributed by atoms with Crippen molar-refractivity contribution < 1.29 is 23.9 Å². The number of ketones is 1. The van der Waals surface area contributed by atoms with Crippen LogP contribution in [0.1, 0.15) is 33.8 Å². The summed E-state index contributed by atoms with van der Waals surface area (Å²) in [4.78, 5) is 23.2. The summed E-state index contributed by atoms with van der Waals surface area (Å²) in [5.74, 6) is 0.886. The van der Waals surface area contributed by atoms with Crippen LogP contribution in [-0.2, 0) is 0 Å². The Morgan fingerprint density at radius 3 is 2.24 bits per heavy atom. The van der Waals surface area contributed by atoms with Gasteiger partial charge in [0.2, 0.25) is 0 Å². The van der Waals surface area contributed by atoms with Crippen LogP contribution in [0.2, 0.25) is 0 Å². The highest BCUT2D eigenvalue weighted by molar-refractivity contribution is 6.02. The van der Waals surface area contributed by atoms with Crippen LogP contribution in [0.4, 0.5) is 5.69 Å². The van der Waals surface area contributed by atoms with E-state index in [1.807, 2.05) is 0 Å². The summed E-state index contributed by atoms with van der Waals surface area (Å²) >= 11 is 0. The fourth-order valence-electron chi connectivity index (χ4n) is 3.19. The molecule has 0 heterocycles. The highest BCUT2D eigenvalue weighted by atomic mass is 16.6. The van der Waals surface area contributed by atoms with Gasteiger partial charge in [-0.2, -0.15) is 0 Å². The lowest BCUT2D eigenvalue weighted by atomic mass is 9.92. The molecule has 0 spiro atoms. The van der Waals surface area contributed by atoms with Gasteiger partial charge >= 0.3 is 5.69 Å². The molecule has 0 aliphatic heterocycles. The molecule has 0 saturated carbocycles. The smallest absolute Gasteiger partial charge is 0.311 e. The van der Waals surface area contributed by atoms with E-state index >= 15 is 0 Å². The maximum atomic E-state index is 12.4. The van der Waals surface area contributed by atoms with Gasteiger partial charge in [-0.1, -0.05) is 6.07 Å². The van der Waals surface area contributed by atoms with Gasteiger partial charge < -0.3 is 14.2 Å². The molecule has 25 heavy (non-hydrogen) atoms. The lowest BCUT2D eigenvalue weighted by molar-refractivity contribution is -0.385. The number of rotatable bonds is 5. The molecule has 2 aromatic rings. The number of nitro benzene ring substituents is 1. The van der Waals surface area contributed by atoms with E-state index in [2.05, 4.69) is 0 Å². The molecular formula is C18H17NO6. The van der Waals surface area contributed by atoms with Crippen molar-refractivity contribution in [2.75, 3.05) is 21.3 Å². The van der Waals surface area contributed by atoms with Crippen LogP contribution in [0.5, 0.6) is 17.2 Å². The highest BCUT2D eigenvalue weighted by Gasteiger charge is 2.33. The summed E-state index contributed by atoms with van der Waals surface area (Å²) in [5.41, 5.74) is 1.90. The number of Topliss-reactive ketones (excluding diaryl/α,β-unsaturated/α-hetero) is 1. The van der Waals surface area contributed by atoms with Gasteiger partial charge in [0.05, 0.1) is 26.3 Å². The second kappa shape index (κ2) is 6.43. The summed E-state index contributed by atoms with van der Waals surface area (Å²) in [5, 5.41) is 11.3. The molecule has 0 bridgehead atoms. The zero-order chi connectivity index (χ0) is 18.1. The van der Waals surface area contributed by atoms with Crippen LogP contribution in [0.25, 0.3) is 0 Å². The van der Waals surface area contributed by atoms with Crippen molar-refractivity contribution in [2.24, 2.45) is 0 Å². The molecule has 0 radical (unpaired) electrons. The zero-order valence-electron chi connectivity index (χ0n) is 14.1. The van der Waals surface area contributed by atoms with Crippen molar-refractivity contribution in [1.82, 2.24) is 0 Å². The Labute approximate surface area is 144 Å². The van der Waals surface area contributed by atoms with E-state index in [0.717, 1.165) is 5.56 Å². The van der Waals surface area contributed by atoms with E-state index in [-0.39, 0.29) is 29.6 Å². The van der Waals surface area contributed by atoms with Gasteiger partial charge in [0.1, 0.15) is 0 Å². The molecule has 7 nitrogen and oxygen atoms in total. The summed E-state index contributed by atoms with van der Waals surface area (Å²) in [6.07, 6.45) is 0.245. The standard InChI is InChI=1S/C18H17NO6/c1-23-16-5-4-10(6-14(16)19(21)22)11-7-15(20)13-9-18(25-3)17(24-2)8-12(11)13/h4-6,8-9,11H,7H2,1-3H3. The van der Waals surface area contributed by atoms with E-state index < -0.39 is 4.92 Å². The maximum Gasteiger partial charge on any atom is 0.311 e. The van der Waals surface area contributed by atoms with Gasteiger partial charge in [0, 0.05) is 24.0 Å². The van der Waals surface area contributed by atoms with Crippen molar-refractivity contribution in [2.45, 2.75) is 12.3 Å². The Kier molecular flexibility index (Phi) is 4.31. The molecule has 7 heteroatoms. The van der Waals surface area contributed by atoms with Crippen LogP contribution in [0, 0.1) is 10.1 Å². The molecule has 130 valence electrons. The third-order valence-corrected chi connectivity index (χ3v) is 4.42. The molecular weight excluding hydrogens is 326 g/mol. The van der Waals surface area contributed by atoms with Crippen molar-refractivity contribution >= 4 is 11.5 Å². The number of methoxy groups -OCH3 is 3. The quantitative estimate of drug-likeness (QED) is 0.611. The molecule has 1 aliphatic carbocycles. The van der Waals surface area contributed by atoms with E-state index in [1.165, 1.54) is 27.4 Å². The summed E-state index contributed by atoms with van der Waals surface area (Å²) in [6, 6.07) is 8.18. The monoisotopic (exact) mass is 343 g/mol. The average molecular weight is 343 g/mol. The Morgan fingerprint density at radius 2 is 1.64 bits per heavy atom. The van der Waals surface area contributed by atoms with Gasteiger partial charge in [-0.3, -0.25) is 14.9 Å². The lowest BCUT2D eigenvalue weighted by Crippen LogP contribution is -2.01. The topological polar surface area (TPSA) is 87.9 Å². The third kappa shape index (κ3) is 2.77. The Bertz CT molecular complexity index is 861. The van der Waals surface area contributed by atoms with Gasteiger partial charge in [-0.05, 0) is 29.3 Å². The zero-order valence-corrected chi connectivity index (χ0v) is 14.1. The van der Waals surface area contributed by atoms with Crippen molar-refractivity contribution in [1.29, 1.82) is 0 Å². The fourth-order valence-corrected chi connectivity index (χ4v) is 3.19. The second-order valence-corrected chi connectivity index (χ2v) is 5.66. The molecule has 0 aromatic heterocycles. The number of ether oxygens (including phenoxy) is 3. The van der Waals surface area contributed by atoms with Crippen molar-refractivity contribution in [3.8, 4) is 17.2 Å². The number of hydrogen-bond donors (Lipinski definition) is 0. The second-order valence-electron chi connectivity index (χ2n) is 5.66. The number of carbonyl (C=O) groups excluding carboxylic acids is 1. The van der Waals surface area contributed by atoms with E-state index in [4.69, 9.17) is 14.2 Å². The van der Waals surface area contributed by atoms with E-state index in [1.54, 1.807) is 24.3 Å². The predicted molar refractivity (Wildman–Crippen MR) is 90.0 cm³/mol. The minimum atomic E-state index is -0.491. The molecule has 1 atom stereocenters. The van der Waals surface area contributed by atoms with Gasteiger partial charge in [0.25, 0.3) is 0 Å². The minimum absolute atomic E-state index is 0.0283. The molecule has 0 saturated heterocycles. The Morgan fingerprint density at radius 1 is 1.00 bits per heavy atom. The molecule has 3 rings (SSSR count). The third-order valence-electron chi connectivity index (χ3n) is 4.42. The van der Waals surface area contributed by atoms with Gasteiger partial charge in [0.15, 0.2) is 23.0 Å². The van der Waals surface area contributed by atoms with Crippen LogP contribution < -0.4 is 14.2 Å². The summed E-state index contributed by atoms with van der Waals surface area (Å²) in [6.45, 7) is 0. The normalized spacial score (nSPS) is 15.6. The molecule has 1 aliphatic rings. The number of carbonyl (C=O) groups is 1. The molecule has 2 aromatic carbocycles. The van der Waals surface area contributed by atoms with Crippen LogP contribution in [0.15, 0.2) is 30.3 Å².